The number of aromatic nitrogens is 1. The smallest absolute Gasteiger partial charge is 0.416 e. The van der Waals surface area contributed by atoms with Crippen LogP contribution in [0.2, 0.25) is 0 Å². The number of nitrogens with one attached hydrogen (secondary N) is 2. The fraction of sp³-hybridized carbons (Fsp3) is 0.292. The molecule has 4 rings (SSSR count). The van der Waals surface area contributed by atoms with E-state index in [0.717, 1.165) is 12.1 Å². The van der Waals surface area contributed by atoms with Crippen molar-refractivity contribution in [3.63, 3.8) is 0 Å². The molecule has 1 aliphatic rings. The van der Waals surface area contributed by atoms with Crippen LogP contribution >= 0.6 is 0 Å². The molecular formula is C24H23F3N4O3. The molecule has 1 aromatic carbocycles. The van der Waals surface area contributed by atoms with Gasteiger partial charge in [0, 0.05) is 30.9 Å². The lowest BCUT2D eigenvalue weighted by Crippen LogP contribution is -2.43. The first-order chi connectivity index (χ1) is 16.3. The molecule has 0 unspecified atom stereocenters. The van der Waals surface area contributed by atoms with Gasteiger partial charge in [-0.2, -0.15) is 13.2 Å². The molecule has 2 amide bonds. The Balaban J connectivity index is 1.38. The van der Waals surface area contributed by atoms with Crippen LogP contribution < -0.4 is 10.6 Å². The maximum absolute atomic E-state index is 13.1. The Bertz CT molecular complexity index is 1140. The lowest BCUT2D eigenvalue weighted by Gasteiger charge is -2.31. The van der Waals surface area contributed by atoms with E-state index in [-0.39, 0.29) is 34.8 Å². The van der Waals surface area contributed by atoms with E-state index in [0.29, 0.717) is 38.2 Å². The molecule has 0 aliphatic carbocycles. The summed E-state index contributed by atoms with van der Waals surface area (Å²) in [6, 6.07) is 11.4. The second-order valence-corrected chi connectivity index (χ2v) is 7.97. The van der Waals surface area contributed by atoms with Gasteiger partial charge in [-0.05, 0) is 55.3 Å². The van der Waals surface area contributed by atoms with Gasteiger partial charge in [-0.1, -0.05) is 6.07 Å². The van der Waals surface area contributed by atoms with Gasteiger partial charge in [0.15, 0.2) is 0 Å². The van der Waals surface area contributed by atoms with Crippen LogP contribution in [0.1, 0.15) is 34.5 Å². The molecule has 0 spiro atoms. The van der Waals surface area contributed by atoms with Gasteiger partial charge in [-0.3, -0.25) is 9.59 Å². The van der Waals surface area contributed by atoms with Crippen LogP contribution in [0.25, 0.3) is 0 Å². The molecule has 0 bridgehead atoms. The number of benzene rings is 1. The van der Waals surface area contributed by atoms with Gasteiger partial charge in [-0.25, -0.2) is 4.98 Å². The number of hydrogen-bond acceptors (Lipinski definition) is 5. The van der Waals surface area contributed by atoms with Crippen molar-refractivity contribution in [3.8, 4) is 0 Å². The van der Waals surface area contributed by atoms with Crippen LogP contribution in [0.5, 0.6) is 0 Å². The Morgan fingerprint density at radius 3 is 2.59 bits per heavy atom. The number of amides is 2. The summed E-state index contributed by atoms with van der Waals surface area (Å²) >= 11 is 0. The summed E-state index contributed by atoms with van der Waals surface area (Å²) in [5.74, 6) is 0.243. The zero-order valence-corrected chi connectivity index (χ0v) is 18.1. The molecule has 3 heterocycles. The maximum atomic E-state index is 13.1. The highest BCUT2D eigenvalue weighted by atomic mass is 19.4. The molecule has 10 heteroatoms. The fourth-order valence-corrected chi connectivity index (χ4v) is 3.83. The molecule has 178 valence electrons. The summed E-state index contributed by atoms with van der Waals surface area (Å²) in [6.07, 6.45) is -0.462. The SMILES string of the molecule is O=C(NCc1ccco1)C1CCN(C(=O)c2cccnc2Nc2cccc(C(F)(F)F)c2)CC1. The third-order valence-electron chi connectivity index (χ3n) is 5.66. The van der Waals surface area contributed by atoms with E-state index in [4.69, 9.17) is 4.42 Å². The Morgan fingerprint density at radius 1 is 1.09 bits per heavy atom. The van der Waals surface area contributed by atoms with E-state index in [1.165, 1.54) is 18.3 Å². The molecule has 0 radical (unpaired) electrons. The summed E-state index contributed by atoms with van der Waals surface area (Å²) in [5.41, 5.74) is -0.371. The third-order valence-corrected chi connectivity index (χ3v) is 5.66. The monoisotopic (exact) mass is 472 g/mol. The summed E-state index contributed by atoms with van der Waals surface area (Å²) in [6.45, 7) is 1.08. The minimum absolute atomic E-state index is 0.0863. The highest BCUT2D eigenvalue weighted by molar-refractivity contribution is 5.99. The van der Waals surface area contributed by atoms with Crippen LogP contribution in [0.4, 0.5) is 24.7 Å². The van der Waals surface area contributed by atoms with Crippen molar-refractivity contribution in [2.75, 3.05) is 18.4 Å². The second kappa shape index (κ2) is 9.98. The normalized spacial score (nSPS) is 14.6. The van der Waals surface area contributed by atoms with Gasteiger partial charge in [0.05, 0.1) is 23.9 Å². The average Bonchev–Trinajstić information content (AvgIpc) is 3.36. The number of likely N-dealkylation sites (tertiary alicyclic amines) is 1. The van der Waals surface area contributed by atoms with Crippen molar-refractivity contribution in [1.82, 2.24) is 15.2 Å². The molecule has 1 aliphatic heterocycles. The minimum Gasteiger partial charge on any atom is -0.467 e. The topological polar surface area (TPSA) is 87.5 Å². The number of hydrogen-bond donors (Lipinski definition) is 2. The first-order valence-electron chi connectivity index (χ1n) is 10.8. The number of furan rings is 1. The van der Waals surface area contributed by atoms with Crippen molar-refractivity contribution in [1.29, 1.82) is 0 Å². The molecule has 0 saturated carbocycles. The highest BCUT2D eigenvalue weighted by Crippen LogP contribution is 2.32. The molecule has 34 heavy (non-hydrogen) atoms. The van der Waals surface area contributed by atoms with Gasteiger partial charge in [0.2, 0.25) is 5.91 Å². The molecule has 1 fully saturated rings. The van der Waals surface area contributed by atoms with Gasteiger partial charge in [0.25, 0.3) is 5.91 Å². The first-order valence-corrected chi connectivity index (χ1v) is 10.8. The highest BCUT2D eigenvalue weighted by Gasteiger charge is 2.31. The molecule has 7 nitrogen and oxygen atoms in total. The quantitative estimate of drug-likeness (QED) is 0.547. The minimum atomic E-state index is -4.48. The van der Waals surface area contributed by atoms with Gasteiger partial charge < -0.3 is 20.0 Å². The van der Waals surface area contributed by atoms with Crippen LogP contribution in [-0.4, -0.2) is 34.8 Å². The lowest BCUT2D eigenvalue weighted by molar-refractivity contribution is -0.137. The van der Waals surface area contributed by atoms with Gasteiger partial charge in [0.1, 0.15) is 11.6 Å². The first kappa shape index (κ1) is 23.3. The van der Waals surface area contributed by atoms with Crippen LogP contribution in [0.3, 0.4) is 0 Å². The zero-order chi connectivity index (χ0) is 24.1. The van der Waals surface area contributed by atoms with Crippen LogP contribution in [0.15, 0.2) is 65.4 Å². The number of alkyl halides is 3. The summed E-state index contributed by atoms with van der Waals surface area (Å²) in [5, 5.41) is 5.68. The fourth-order valence-electron chi connectivity index (χ4n) is 3.83. The predicted octanol–water partition coefficient (Wildman–Crippen LogP) is 4.61. The number of halogens is 3. The van der Waals surface area contributed by atoms with E-state index in [9.17, 15) is 22.8 Å². The second-order valence-electron chi connectivity index (χ2n) is 7.97. The van der Waals surface area contributed by atoms with Crippen molar-refractivity contribution in [3.05, 3.63) is 77.9 Å². The molecule has 3 aromatic rings. The van der Waals surface area contributed by atoms with E-state index < -0.39 is 11.7 Å². The standard InChI is InChI=1S/C24H23F3N4O3/c25-24(26,27)17-4-1-5-18(14-17)30-21-20(7-2-10-28-21)23(33)31-11-8-16(9-12-31)22(32)29-15-19-6-3-13-34-19/h1-7,10,13-14,16H,8-9,11-12,15H2,(H,28,30)(H,29,32). The number of nitrogens with zero attached hydrogens (tertiary/aromatic N) is 2. The van der Waals surface area contributed by atoms with Crippen LogP contribution in [-0.2, 0) is 17.5 Å². The van der Waals surface area contributed by atoms with Crippen molar-refractivity contribution >= 4 is 23.3 Å². The molecule has 1 saturated heterocycles. The van der Waals surface area contributed by atoms with E-state index in [1.807, 2.05) is 0 Å². The zero-order valence-electron chi connectivity index (χ0n) is 18.1. The van der Waals surface area contributed by atoms with Gasteiger partial charge in [-0.15, -0.1) is 0 Å². The number of rotatable bonds is 6. The lowest BCUT2D eigenvalue weighted by atomic mass is 9.95. The largest absolute Gasteiger partial charge is 0.467 e. The number of piperidine rings is 1. The summed E-state index contributed by atoms with van der Waals surface area (Å²) in [7, 11) is 0. The summed E-state index contributed by atoms with van der Waals surface area (Å²) < 4.78 is 44.3. The Morgan fingerprint density at radius 2 is 1.88 bits per heavy atom. The molecular weight excluding hydrogens is 449 g/mol. The Labute approximate surface area is 194 Å². The number of pyridine rings is 1. The Hall–Kier alpha value is -3.82. The van der Waals surface area contributed by atoms with Crippen molar-refractivity contribution in [2.24, 2.45) is 5.92 Å². The van der Waals surface area contributed by atoms with Crippen LogP contribution in [0, 0.1) is 5.92 Å². The number of carbonyl (C=O) groups excluding carboxylic acids is 2. The van der Waals surface area contributed by atoms with E-state index >= 15 is 0 Å². The molecule has 2 aromatic heterocycles. The Kier molecular flexibility index (Phi) is 6.85. The van der Waals surface area contributed by atoms with Crippen molar-refractivity contribution in [2.45, 2.75) is 25.6 Å². The average molecular weight is 472 g/mol. The number of carbonyl (C=O) groups is 2. The van der Waals surface area contributed by atoms with E-state index in [1.54, 1.807) is 35.4 Å². The van der Waals surface area contributed by atoms with Crippen molar-refractivity contribution < 1.29 is 27.2 Å². The third kappa shape index (κ3) is 5.56. The summed E-state index contributed by atoms with van der Waals surface area (Å²) in [4.78, 5) is 31.4. The predicted molar refractivity (Wildman–Crippen MR) is 118 cm³/mol. The molecule has 0 atom stereocenters. The maximum Gasteiger partial charge on any atom is 0.416 e. The van der Waals surface area contributed by atoms with E-state index in [2.05, 4.69) is 15.6 Å². The van der Waals surface area contributed by atoms with Gasteiger partial charge >= 0.3 is 6.18 Å². The number of anilines is 2. The molecule has 2 N–H and O–H groups in total.